The van der Waals surface area contributed by atoms with Gasteiger partial charge in [0.1, 0.15) is 12.4 Å². The first-order valence-electron chi connectivity index (χ1n) is 9.33. The number of H-pyrrole nitrogens is 1. The Balaban J connectivity index is 1.57. The van der Waals surface area contributed by atoms with Crippen LogP contribution in [-0.4, -0.2) is 85.4 Å². The number of likely N-dealkylation sites (N-methyl/N-ethyl adjacent to an activating group) is 1. The summed E-state index contributed by atoms with van der Waals surface area (Å²) in [6, 6.07) is 5.69. The first-order valence-corrected chi connectivity index (χ1v) is 12.1. The number of nitrogens with one attached hydrogen (secondary N) is 1. The van der Waals surface area contributed by atoms with Gasteiger partial charge in [0.25, 0.3) is 0 Å². The van der Waals surface area contributed by atoms with Crippen LogP contribution in [0.5, 0.6) is 5.75 Å². The maximum Gasteiger partial charge on any atom is 0.513 e. The Kier molecular flexibility index (Phi) is 6.34. The van der Waals surface area contributed by atoms with Crippen molar-refractivity contribution in [2.45, 2.75) is 6.42 Å². The van der Waals surface area contributed by atoms with Crippen molar-refractivity contribution in [3.05, 3.63) is 30.0 Å². The molecule has 1 fully saturated rings. The number of ether oxygens (including phenoxy) is 2. The molecule has 0 unspecified atom stereocenters. The predicted octanol–water partition coefficient (Wildman–Crippen LogP) is 3.12. The number of aromatic nitrogens is 1. The largest absolute Gasteiger partial charge is 0.513 e. The fourth-order valence-corrected chi connectivity index (χ4v) is 5.53. The molecule has 6 nitrogen and oxygen atoms in total. The van der Waals surface area contributed by atoms with Gasteiger partial charge in [-0.3, -0.25) is 4.90 Å². The summed E-state index contributed by atoms with van der Waals surface area (Å²) in [6.45, 7) is 3.16. The van der Waals surface area contributed by atoms with Gasteiger partial charge >= 0.3 is 6.16 Å². The predicted molar refractivity (Wildman–Crippen MR) is 113 cm³/mol. The Labute approximate surface area is 163 Å². The first kappa shape index (κ1) is 20.0. The molecule has 2 aromatic rings. The molecule has 1 aromatic carbocycles. The van der Waals surface area contributed by atoms with Crippen molar-refractivity contribution in [3.63, 3.8) is 0 Å². The van der Waals surface area contributed by atoms with Crippen molar-refractivity contribution < 1.29 is 14.3 Å². The lowest BCUT2D eigenvalue weighted by Crippen LogP contribution is -2.26. The highest BCUT2D eigenvalue weighted by Crippen LogP contribution is 2.44. The number of rotatable bonds is 7. The van der Waals surface area contributed by atoms with E-state index in [0.717, 1.165) is 48.4 Å². The van der Waals surface area contributed by atoms with Gasteiger partial charge < -0.3 is 19.4 Å². The van der Waals surface area contributed by atoms with E-state index in [2.05, 4.69) is 27.3 Å². The second-order valence-electron chi connectivity index (χ2n) is 7.96. The Morgan fingerprint density at radius 2 is 2.15 bits per heavy atom. The minimum absolute atomic E-state index is 0.366. The summed E-state index contributed by atoms with van der Waals surface area (Å²) in [5.41, 5.74) is 2.11. The summed E-state index contributed by atoms with van der Waals surface area (Å²) >= 11 is 0. The van der Waals surface area contributed by atoms with Crippen molar-refractivity contribution in [1.82, 2.24) is 14.8 Å². The zero-order valence-electron chi connectivity index (χ0n) is 16.8. The number of carbonyl (C=O) groups excluding carboxylic acids is 1. The third kappa shape index (κ3) is 5.40. The fraction of sp³-hybridized carbons (Fsp3) is 0.550. The van der Waals surface area contributed by atoms with Crippen LogP contribution in [0.25, 0.3) is 10.9 Å². The van der Waals surface area contributed by atoms with E-state index in [0.29, 0.717) is 12.4 Å². The van der Waals surface area contributed by atoms with Gasteiger partial charge in [-0.05, 0) is 56.5 Å². The van der Waals surface area contributed by atoms with Crippen LogP contribution in [0, 0.1) is 0 Å². The molecule has 0 amide bonds. The number of hydrogen-bond acceptors (Lipinski definition) is 5. The lowest BCUT2D eigenvalue weighted by Gasteiger charge is -2.24. The third-order valence-electron chi connectivity index (χ3n) is 4.89. The van der Waals surface area contributed by atoms with Gasteiger partial charge in [-0.15, -0.1) is 0 Å². The monoisotopic (exact) mass is 393 g/mol. The maximum atomic E-state index is 12.2. The van der Waals surface area contributed by atoms with E-state index in [-0.39, 0.29) is 0 Å². The molecule has 0 saturated carbocycles. The van der Waals surface area contributed by atoms with Crippen LogP contribution >= 0.6 is 10.0 Å². The molecule has 1 aliphatic heterocycles. The Morgan fingerprint density at radius 3 is 2.85 bits per heavy atom. The number of carbonyl (C=O) groups is 1. The summed E-state index contributed by atoms with van der Waals surface area (Å²) in [7, 11) is 3.61. The van der Waals surface area contributed by atoms with Crippen LogP contribution in [-0.2, 0) is 11.2 Å². The topological polar surface area (TPSA) is 57.8 Å². The highest BCUT2D eigenvalue weighted by Gasteiger charge is 2.24. The van der Waals surface area contributed by atoms with E-state index in [1.54, 1.807) is 0 Å². The molecule has 1 N–H and O–H groups in total. The molecule has 0 spiro atoms. The van der Waals surface area contributed by atoms with Crippen molar-refractivity contribution in [2.75, 3.05) is 64.5 Å². The van der Waals surface area contributed by atoms with Gasteiger partial charge in [0.15, 0.2) is 0 Å². The molecular weight excluding hydrogens is 362 g/mol. The summed E-state index contributed by atoms with van der Waals surface area (Å²) in [5, 5.41) is 0.959. The SMILES string of the molecule is CN(C)CCc1c[nH]c2cccc(OC(=O)OCCN3CCS(C)(C)C3)c12. The molecule has 3 rings (SSSR count). The van der Waals surface area contributed by atoms with E-state index in [9.17, 15) is 4.79 Å². The number of fused-ring (bicyclic) bond motifs is 1. The van der Waals surface area contributed by atoms with Crippen LogP contribution < -0.4 is 4.74 Å². The highest BCUT2D eigenvalue weighted by molar-refractivity contribution is 8.32. The van der Waals surface area contributed by atoms with Crippen LogP contribution in [0.15, 0.2) is 24.4 Å². The van der Waals surface area contributed by atoms with E-state index in [4.69, 9.17) is 9.47 Å². The molecule has 0 atom stereocenters. The Morgan fingerprint density at radius 1 is 1.33 bits per heavy atom. The van der Waals surface area contributed by atoms with Gasteiger partial charge in [0.05, 0.1) is 0 Å². The summed E-state index contributed by atoms with van der Waals surface area (Å²) in [5.74, 6) is 2.95. The molecule has 2 heterocycles. The second kappa shape index (κ2) is 8.54. The number of aromatic amines is 1. The highest BCUT2D eigenvalue weighted by atomic mass is 32.3. The van der Waals surface area contributed by atoms with Crippen LogP contribution in [0.2, 0.25) is 0 Å². The molecule has 1 saturated heterocycles. The number of hydrogen-bond donors (Lipinski definition) is 1. The van der Waals surface area contributed by atoms with Gasteiger partial charge in [0.2, 0.25) is 0 Å². The summed E-state index contributed by atoms with van der Waals surface area (Å²) in [6.07, 6.45) is 6.95. The lowest BCUT2D eigenvalue weighted by atomic mass is 10.1. The molecular formula is C20H31N3O3S. The zero-order valence-corrected chi connectivity index (χ0v) is 17.6. The number of benzene rings is 1. The summed E-state index contributed by atoms with van der Waals surface area (Å²) in [4.78, 5) is 19.9. The molecule has 7 heteroatoms. The van der Waals surface area contributed by atoms with Crippen molar-refractivity contribution in [3.8, 4) is 5.75 Å². The van der Waals surface area contributed by atoms with Gasteiger partial charge in [-0.1, -0.05) is 6.07 Å². The van der Waals surface area contributed by atoms with Crippen molar-refractivity contribution in [1.29, 1.82) is 0 Å². The van der Waals surface area contributed by atoms with Gasteiger partial charge in [0, 0.05) is 42.6 Å². The average Bonchev–Trinajstić information content (AvgIpc) is 3.16. The first-order chi connectivity index (χ1) is 12.8. The van der Waals surface area contributed by atoms with Crippen LogP contribution in [0.3, 0.4) is 0 Å². The molecule has 0 bridgehead atoms. The second-order valence-corrected chi connectivity index (χ2v) is 12.2. The molecule has 0 radical (unpaired) electrons. The minimum atomic E-state index is -0.631. The molecule has 0 aliphatic carbocycles. The van der Waals surface area contributed by atoms with Gasteiger partial charge in [-0.25, -0.2) is 14.8 Å². The quantitative estimate of drug-likeness (QED) is 0.579. The van der Waals surface area contributed by atoms with Crippen molar-refractivity contribution >= 4 is 27.1 Å². The third-order valence-corrected chi connectivity index (χ3v) is 7.24. The standard InChI is InChI=1S/C20H31N3O3S/c1-22(2)9-8-16-14-21-17-6-5-7-18(19(16)17)26-20(24)25-12-10-23-11-13-27(3,4)15-23/h5-7,14,21H,8-13,15H2,1-4H3. The van der Waals surface area contributed by atoms with Crippen molar-refractivity contribution in [2.24, 2.45) is 0 Å². The average molecular weight is 394 g/mol. The zero-order chi connectivity index (χ0) is 19.4. The number of nitrogens with zero attached hydrogens (tertiary/aromatic N) is 2. The van der Waals surface area contributed by atoms with E-state index >= 15 is 0 Å². The van der Waals surface area contributed by atoms with E-state index < -0.39 is 16.2 Å². The Bertz CT molecular complexity index is 788. The Hall–Kier alpha value is -1.70. The molecule has 1 aromatic heterocycles. The molecule has 1 aliphatic rings. The van der Waals surface area contributed by atoms with Gasteiger partial charge in [-0.2, -0.15) is 0 Å². The maximum absolute atomic E-state index is 12.2. The molecule has 150 valence electrons. The smallest absolute Gasteiger partial charge is 0.433 e. The van der Waals surface area contributed by atoms with Crippen LogP contribution in [0.1, 0.15) is 5.56 Å². The lowest BCUT2D eigenvalue weighted by molar-refractivity contribution is 0.0913. The normalized spacial score (nSPS) is 18.1. The summed E-state index contributed by atoms with van der Waals surface area (Å²) < 4.78 is 10.9. The van der Waals surface area contributed by atoms with Crippen LogP contribution in [0.4, 0.5) is 4.79 Å². The molecule has 27 heavy (non-hydrogen) atoms. The van der Waals surface area contributed by atoms with E-state index in [1.807, 2.05) is 38.5 Å². The minimum Gasteiger partial charge on any atom is -0.433 e. The van der Waals surface area contributed by atoms with E-state index in [1.165, 1.54) is 5.75 Å². The fourth-order valence-electron chi connectivity index (χ4n) is 3.40.